The van der Waals surface area contributed by atoms with Crippen LogP contribution in [0.15, 0.2) is 0 Å². The number of ether oxygens (including phenoxy) is 5. The van der Waals surface area contributed by atoms with Crippen LogP contribution in [0.1, 0.15) is 0 Å². The first-order valence-electron chi connectivity index (χ1n) is 10.5. The van der Waals surface area contributed by atoms with Crippen molar-refractivity contribution in [3.63, 3.8) is 0 Å². The van der Waals surface area contributed by atoms with Crippen molar-refractivity contribution in [3.05, 3.63) is 0 Å². The molecule has 4 unspecified atom stereocenters. The molecule has 27 heteroatoms. The van der Waals surface area contributed by atoms with Crippen molar-refractivity contribution in [2.24, 2.45) is 0 Å². The summed E-state index contributed by atoms with van der Waals surface area (Å²) >= 11 is 0. The summed E-state index contributed by atoms with van der Waals surface area (Å²) in [6, 6.07) is 0. The highest BCUT2D eigenvalue weighted by molar-refractivity contribution is 7.81. The average molecular weight is 658 g/mol. The SMILES string of the molecule is CO[C@@H]1OC(COS(=O)(=O)O)[C@@H](O[C@@H]2O[C@@H](COS(=O)(=O)O)[C@@H](OC)C(OOO)C2OOO)[C@H](OOO)C1OOO. The molecule has 0 spiro atoms. The van der Waals surface area contributed by atoms with Gasteiger partial charge in [0, 0.05) is 14.2 Å². The lowest BCUT2D eigenvalue weighted by atomic mass is 9.96. The number of rotatable bonds is 18. The summed E-state index contributed by atoms with van der Waals surface area (Å²) in [4.78, 5) is 18.5. The minimum atomic E-state index is -5.11. The van der Waals surface area contributed by atoms with Crippen LogP contribution < -0.4 is 0 Å². The van der Waals surface area contributed by atoms with Gasteiger partial charge in [0.1, 0.15) is 24.4 Å². The number of methoxy groups -OCH3 is 2. The summed E-state index contributed by atoms with van der Waals surface area (Å²) in [5.41, 5.74) is 0. The summed E-state index contributed by atoms with van der Waals surface area (Å²) in [5, 5.41) is 50.2. The molecule has 0 aliphatic carbocycles. The molecule has 244 valence electrons. The molecule has 0 aromatic heterocycles. The number of hydrogen-bond acceptors (Lipinski definition) is 23. The zero-order chi connectivity index (χ0) is 30.8. The van der Waals surface area contributed by atoms with E-state index in [-0.39, 0.29) is 0 Å². The molecule has 2 fully saturated rings. The zero-order valence-corrected chi connectivity index (χ0v) is 22.1. The molecule has 0 aromatic carbocycles. The van der Waals surface area contributed by atoms with Gasteiger partial charge in [-0.1, -0.05) is 20.2 Å². The van der Waals surface area contributed by atoms with Gasteiger partial charge in [0.15, 0.2) is 37.0 Å². The van der Waals surface area contributed by atoms with Crippen molar-refractivity contribution in [3.8, 4) is 0 Å². The number of hydrogen-bond donors (Lipinski definition) is 6. The summed E-state index contributed by atoms with van der Waals surface area (Å²) in [5.74, 6) is 0. The van der Waals surface area contributed by atoms with Gasteiger partial charge < -0.3 is 23.7 Å². The summed E-state index contributed by atoms with van der Waals surface area (Å²) in [6.45, 7) is -2.12. The molecular weight excluding hydrogens is 632 g/mol. The maximum atomic E-state index is 11.2. The Kier molecular flexibility index (Phi) is 14.8. The van der Waals surface area contributed by atoms with Gasteiger partial charge >= 0.3 is 20.8 Å². The van der Waals surface area contributed by atoms with Crippen LogP contribution in [0.5, 0.6) is 0 Å². The van der Waals surface area contributed by atoms with Gasteiger partial charge in [-0.25, -0.2) is 29.4 Å². The van der Waals surface area contributed by atoms with Crippen LogP contribution in [0, 0.1) is 0 Å². The van der Waals surface area contributed by atoms with Crippen LogP contribution in [0.3, 0.4) is 0 Å². The predicted octanol–water partition coefficient (Wildman–Crippen LogP) is -2.72. The lowest BCUT2D eigenvalue weighted by molar-refractivity contribution is -0.580. The van der Waals surface area contributed by atoms with Crippen molar-refractivity contribution in [2.45, 2.75) is 61.4 Å². The molecule has 0 radical (unpaired) electrons. The maximum absolute atomic E-state index is 11.2. The van der Waals surface area contributed by atoms with Gasteiger partial charge in [-0.3, -0.25) is 9.11 Å². The maximum Gasteiger partial charge on any atom is 0.397 e. The lowest BCUT2D eigenvalue weighted by Crippen LogP contribution is -2.66. The molecular formula is C14H26O25S2. The summed E-state index contributed by atoms with van der Waals surface area (Å²) in [6.07, 6.45) is -17.8. The van der Waals surface area contributed by atoms with Crippen molar-refractivity contribution >= 4 is 20.8 Å². The molecule has 0 aromatic rings. The molecule has 2 aliphatic rings. The van der Waals surface area contributed by atoms with Gasteiger partial charge in [0.25, 0.3) is 0 Å². The zero-order valence-electron chi connectivity index (χ0n) is 20.4. The predicted molar refractivity (Wildman–Crippen MR) is 109 cm³/mol. The highest BCUT2D eigenvalue weighted by Crippen LogP contribution is 2.35. The second-order valence-corrected chi connectivity index (χ2v) is 9.77. The van der Waals surface area contributed by atoms with Gasteiger partial charge in [0.2, 0.25) is 0 Å². The van der Waals surface area contributed by atoms with Crippen LogP contribution in [0.25, 0.3) is 0 Å². The van der Waals surface area contributed by atoms with Crippen LogP contribution in [0.2, 0.25) is 0 Å². The van der Waals surface area contributed by atoms with E-state index in [4.69, 9.17) is 53.8 Å². The fourth-order valence-corrected chi connectivity index (χ4v) is 4.47. The second-order valence-electron chi connectivity index (χ2n) is 7.59. The Balaban J connectivity index is 2.53. The molecule has 0 bridgehead atoms. The highest BCUT2D eigenvalue weighted by Gasteiger charge is 2.56. The summed E-state index contributed by atoms with van der Waals surface area (Å²) < 4.78 is 98.0. The van der Waals surface area contributed by atoms with Crippen molar-refractivity contribution in [1.82, 2.24) is 0 Å². The largest absolute Gasteiger partial charge is 0.397 e. The Morgan fingerprint density at radius 2 is 0.951 bits per heavy atom. The van der Waals surface area contributed by atoms with E-state index in [0.717, 1.165) is 14.2 Å². The minimum absolute atomic E-state index is 1.03. The highest BCUT2D eigenvalue weighted by atomic mass is 32.3. The molecule has 2 saturated heterocycles. The van der Waals surface area contributed by atoms with E-state index in [2.05, 4.69) is 48.1 Å². The first kappa shape index (κ1) is 36.3. The van der Waals surface area contributed by atoms with Crippen molar-refractivity contribution < 1.29 is 119 Å². The monoisotopic (exact) mass is 658 g/mol. The fourth-order valence-electron chi connectivity index (χ4n) is 3.86. The molecule has 2 heterocycles. The molecule has 2 aliphatic heterocycles. The third kappa shape index (κ3) is 10.6. The molecule has 41 heavy (non-hydrogen) atoms. The molecule has 25 nitrogen and oxygen atoms in total. The topological polar surface area (TPSA) is 328 Å². The smallest absolute Gasteiger partial charge is 0.376 e. The Hall–Kier alpha value is -0.940. The van der Waals surface area contributed by atoms with E-state index >= 15 is 0 Å². The quantitative estimate of drug-likeness (QED) is 0.0495. The van der Waals surface area contributed by atoms with Crippen LogP contribution >= 0.6 is 0 Å². The van der Waals surface area contributed by atoms with E-state index in [0.29, 0.717) is 0 Å². The van der Waals surface area contributed by atoms with E-state index in [1.807, 2.05) is 0 Å². The van der Waals surface area contributed by atoms with E-state index in [1.165, 1.54) is 0 Å². The molecule has 0 saturated carbocycles. The van der Waals surface area contributed by atoms with Gasteiger partial charge in [-0.2, -0.15) is 36.4 Å². The normalized spacial score (nSPS) is 35.0. The molecule has 10 atom stereocenters. The van der Waals surface area contributed by atoms with Crippen molar-refractivity contribution in [1.29, 1.82) is 0 Å². The van der Waals surface area contributed by atoms with Gasteiger partial charge in [0.05, 0.1) is 13.2 Å². The van der Waals surface area contributed by atoms with E-state index in [1.54, 1.807) is 0 Å². The van der Waals surface area contributed by atoms with Gasteiger partial charge in [-0.05, 0) is 0 Å². The van der Waals surface area contributed by atoms with Gasteiger partial charge in [-0.15, -0.1) is 0 Å². The van der Waals surface area contributed by atoms with Crippen LogP contribution in [-0.2, 0) is 92.6 Å². The Morgan fingerprint density at radius 3 is 1.37 bits per heavy atom. The standard InChI is InChI=1S/C14H26O25S2/c1-25-7-5(3-27-40(19,20)21)30-14(12(35-39-18)9(7)32-36-15)31-8-6(4-28-41(22,23)24)29-13(26-2)11(34-38-17)10(8)33-37-16/h5-18H,3-4H2,1-2H3,(H,19,20,21)(H,22,23,24)/t5-,6?,7+,8+,9?,10-,11?,12?,13+,14-/m0/s1. The minimum Gasteiger partial charge on any atom is -0.376 e. The van der Waals surface area contributed by atoms with Crippen LogP contribution in [0.4, 0.5) is 0 Å². The Bertz CT molecular complexity index is 961. The molecule has 2 rings (SSSR count). The average Bonchev–Trinajstić information content (AvgIpc) is 2.89. The van der Waals surface area contributed by atoms with E-state index in [9.17, 15) is 16.8 Å². The third-order valence-electron chi connectivity index (χ3n) is 5.36. The third-order valence-corrected chi connectivity index (χ3v) is 6.23. The summed E-state index contributed by atoms with van der Waals surface area (Å²) in [7, 11) is -8.12. The first-order chi connectivity index (χ1) is 19.3. The Labute approximate surface area is 228 Å². The molecule has 0 amide bonds. The van der Waals surface area contributed by atoms with Crippen molar-refractivity contribution in [2.75, 3.05) is 27.4 Å². The Morgan fingerprint density at radius 1 is 0.561 bits per heavy atom. The fraction of sp³-hybridized carbons (Fsp3) is 1.00. The second kappa shape index (κ2) is 16.8. The lowest BCUT2D eigenvalue weighted by Gasteiger charge is -2.47. The van der Waals surface area contributed by atoms with E-state index < -0.39 is 95.4 Å². The first-order valence-corrected chi connectivity index (χ1v) is 13.2. The molecule has 6 N–H and O–H groups in total. The van der Waals surface area contributed by atoms with Crippen LogP contribution in [-0.4, -0.2) is 136 Å².